The van der Waals surface area contributed by atoms with Gasteiger partial charge in [0.25, 0.3) is 0 Å². The van der Waals surface area contributed by atoms with E-state index >= 15 is 0 Å². The summed E-state index contributed by atoms with van der Waals surface area (Å²) >= 11 is 0. The van der Waals surface area contributed by atoms with Crippen LogP contribution in [0.4, 0.5) is 0 Å². The van der Waals surface area contributed by atoms with E-state index in [4.69, 9.17) is 4.42 Å². The fraction of sp³-hybridized carbons (Fsp3) is 0. The zero-order valence-corrected chi connectivity index (χ0v) is 23.4. The molecule has 43 heavy (non-hydrogen) atoms. The summed E-state index contributed by atoms with van der Waals surface area (Å²) in [5, 5.41) is 9.68. The maximum absolute atomic E-state index is 6.56. The lowest BCUT2D eigenvalue weighted by atomic mass is 9.85. The molecule has 8 aromatic carbocycles. The third-order valence-corrected chi connectivity index (χ3v) is 8.82. The van der Waals surface area contributed by atoms with Crippen molar-refractivity contribution < 1.29 is 4.42 Å². The molecule has 0 N–H and O–H groups in total. The van der Waals surface area contributed by atoms with E-state index in [0.29, 0.717) is 0 Å². The number of rotatable bonds is 3. The maximum Gasteiger partial charge on any atom is 0.136 e. The zero-order valence-electron chi connectivity index (χ0n) is 23.4. The molecule has 0 saturated carbocycles. The minimum absolute atomic E-state index is 0.906. The van der Waals surface area contributed by atoms with Crippen molar-refractivity contribution in [3.8, 4) is 33.4 Å². The van der Waals surface area contributed by atoms with Crippen LogP contribution in [-0.4, -0.2) is 0 Å². The van der Waals surface area contributed by atoms with E-state index in [1.807, 2.05) is 0 Å². The molecule has 0 aliphatic carbocycles. The fourth-order valence-electron chi connectivity index (χ4n) is 6.83. The molecule has 9 aromatic rings. The fourth-order valence-corrected chi connectivity index (χ4v) is 6.83. The molecule has 9 rings (SSSR count). The number of hydrogen-bond acceptors (Lipinski definition) is 1. The van der Waals surface area contributed by atoms with Gasteiger partial charge in [0.15, 0.2) is 0 Å². The van der Waals surface area contributed by atoms with Crippen molar-refractivity contribution in [3.63, 3.8) is 0 Å². The van der Waals surface area contributed by atoms with Gasteiger partial charge in [0, 0.05) is 10.8 Å². The van der Waals surface area contributed by atoms with Crippen LogP contribution in [0.3, 0.4) is 0 Å². The van der Waals surface area contributed by atoms with Gasteiger partial charge in [-0.1, -0.05) is 127 Å². The standard InChI is InChI=1S/C42H26O/c1-3-11-27(12-4-1)31-21-22-39-35(24-31)36-25-37-38(26-40(36)43-39)41(29-14-5-2-6-15-29)33-17-9-10-18-34(33)42(37)32-20-19-28-13-7-8-16-30(28)23-32/h1-26H. The molecule has 0 fully saturated rings. The Morgan fingerprint density at radius 2 is 0.860 bits per heavy atom. The van der Waals surface area contributed by atoms with Gasteiger partial charge in [-0.15, -0.1) is 0 Å². The van der Waals surface area contributed by atoms with Gasteiger partial charge in [0.2, 0.25) is 0 Å². The summed E-state index contributed by atoms with van der Waals surface area (Å²) in [7, 11) is 0. The first-order valence-corrected chi connectivity index (χ1v) is 14.8. The van der Waals surface area contributed by atoms with Gasteiger partial charge < -0.3 is 4.42 Å². The van der Waals surface area contributed by atoms with E-state index in [2.05, 4.69) is 158 Å². The normalized spacial score (nSPS) is 11.7. The maximum atomic E-state index is 6.56. The molecule has 0 aliphatic rings. The molecule has 0 bridgehead atoms. The van der Waals surface area contributed by atoms with Crippen LogP contribution in [0.15, 0.2) is 162 Å². The molecule has 0 spiro atoms. The Morgan fingerprint density at radius 1 is 0.279 bits per heavy atom. The first kappa shape index (κ1) is 24.0. The number of fused-ring (bicyclic) bond motifs is 6. The molecular weight excluding hydrogens is 520 g/mol. The van der Waals surface area contributed by atoms with E-state index < -0.39 is 0 Å². The largest absolute Gasteiger partial charge is 0.456 e. The summed E-state index contributed by atoms with van der Waals surface area (Å²) in [6.07, 6.45) is 0. The van der Waals surface area contributed by atoms with Crippen LogP contribution >= 0.6 is 0 Å². The van der Waals surface area contributed by atoms with Crippen molar-refractivity contribution >= 4 is 54.3 Å². The lowest BCUT2D eigenvalue weighted by Crippen LogP contribution is -1.91. The Kier molecular flexibility index (Phi) is 5.27. The average Bonchev–Trinajstić information content (AvgIpc) is 3.43. The highest BCUT2D eigenvalue weighted by Crippen LogP contribution is 2.46. The third kappa shape index (κ3) is 3.79. The van der Waals surface area contributed by atoms with Gasteiger partial charge >= 0.3 is 0 Å². The first-order valence-electron chi connectivity index (χ1n) is 14.8. The molecule has 0 aliphatic heterocycles. The molecule has 1 heteroatoms. The Bertz CT molecular complexity index is 2480. The van der Waals surface area contributed by atoms with Crippen LogP contribution in [0.1, 0.15) is 0 Å². The van der Waals surface area contributed by atoms with Gasteiger partial charge in [-0.2, -0.15) is 0 Å². The summed E-state index contributed by atoms with van der Waals surface area (Å²) in [6, 6.07) is 56.8. The van der Waals surface area contributed by atoms with Crippen molar-refractivity contribution in [2.24, 2.45) is 0 Å². The van der Waals surface area contributed by atoms with E-state index in [1.54, 1.807) is 0 Å². The molecule has 0 atom stereocenters. The topological polar surface area (TPSA) is 13.1 Å². The molecule has 200 valence electrons. The summed E-state index contributed by atoms with van der Waals surface area (Å²) < 4.78 is 6.56. The van der Waals surface area contributed by atoms with Crippen LogP contribution in [-0.2, 0) is 0 Å². The molecule has 0 radical (unpaired) electrons. The molecule has 1 aromatic heterocycles. The minimum Gasteiger partial charge on any atom is -0.456 e. The van der Waals surface area contributed by atoms with Gasteiger partial charge in [0.05, 0.1) is 0 Å². The highest BCUT2D eigenvalue weighted by molar-refractivity contribution is 6.25. The van der Waals surface area contributed by atoms with Crippen LogP contribution in [0, 0.1) is 0 Å². The quantitative estimate of drug-likeness (QED) is 0.201. The predicted octanol–water partition coefficient (Wildman–Crippen LogP) is 12.0. The third-order valence-electron chi connectivity index (χ3n) is 8.82. The Morgan fingerprint density at radius 3 is 1.63 bits per heavy atom. The van der Waals surface area contributed by atoms with E-state index in [1.165, 1.54) is 65.7 Å². The zero-order chi connectivity index (χ0) is 28.3. The second kappa shape index (κ2) is 9.44. The van der Waals surface area contributed by atoms with Crippen molar-refractivity contribution in [1.29, 1.82) is 0 Å². The predicted molar refractivity (Wildman–Crippen MR) is 183 cm³/mol. The van der Waals surface area contributed by atoms with Crippen molar-refractivity contribution in [3.05, 3.63) is 158 Å². The van der Waals surface area contributed by atoms with Gasteiger partial charge in [0.1, 0.15) is 11.2 Å². The average molecular weight is 547 g/mol. The first-order chi connectivity index (χ1) is 21.3. The monoisotopic (exact) mass is 546 g/mol. The smallest absolute Gasteiger partial charge is 0.136 e. The van der Waals surface area contributed by atoms with Gasteiger partial charge in [-0.05, 0) is 96.0 Å². The number of benzene rings is 8. The SMILES string of the molecule is c1ccc(-c2ccc3oc4cc5c(-c6ccccc6)c6ccccc6c(-c6ccc7ccccc7c6)c5cc4c3c2)cc1. The van der Waals surface area contributed by atoms with Crippen molar-refractivity contribution in [1.82, 2.24) is 0 Å². The number of hydrogen-bond donors (Lipinski definition) is 0. The minimum atomic E-state index is 0.906. The highest BCUT2D eigenvalue weighted by atomic mass is 16.3. The lowest BCUT2D eigenvalue weighted by molar-refractivity contribution is 0.669. The summed E-state index contributed by atoms with van der Waals surface area (Å²) in [5.74, 6) is 0. The van der Waals surface area contributed by atoms with E-state index in [9.17, 15) is 0 Å². The van der Waals surface area contributed by atoms with Crippen LogP contribution in [0.5, 0.6) is 0 Å². The Hall–Kier alpha value is -5.66. The summed E-state index contributed by atoms with van der Waals surface area (Å²) in [6.45, 7) is 0. The Balaban J connectivity index is 1.44. The Labute approximate surface area is 249 Å². The molecule has 0 amide bonds. The summed E-state index contributed by atoms with van der Waals surface area (Å²) in [5.41, 5.74) is 9.12. The second-order valence-corrected chi connectivity index (χ2v) is 11.3. The molecule has 0 unspecified atom stereocenters. The van der Waals surface area contributed by atoms with E-state index in [0.717, 1.165) is 21.9 Å². The highest BCUT2D eigenvalue weighted by Gasteiger charge is 2.19. The number of furan rings is 1. The molecule has 1 heterocycles. The van der Waals surface area contributed by atoms with Crippen molar-refractivity contribution in [2.75, 3.05) is 0 Å². The molecule has 1 nitrogen and oxygen atoms in total. The van der Waals surface area contributed by atoms with Gasteiger partial charge in [-0.25, -0.2) is 0 Å². The van der Waals surface area contributed by atoms with Gasteiger partial charge in [-0.3, -0.25) is 0 Å². The lowest BCUT2D eigenvalue weighted by Gasteiger charge is -2.18. The van der Waals surface area contributed by atoms with Crippen LogP contribution in [0.2, 0.25) is 0 Å². The molecule has 0 saturated heterocycles. The van der Waals surface area contributed by atoms with Crippen LogP contribution < -0.4 is 0 Å². The summed E-state index contributed by atoms with van der Waals surface area (Å²) in [4.78, 5) is 0. The molecular formula is C42H26O. The van der Waals surface area contributed by atoms with E-state index in [-0.39, 0.29) is 0 Å². The van der Waals surface area contributed by atoms with Crippen LogP contribution in [0.25, 0.3) is 87.6 Å². The second-order valence-electron chi connectivity index (χ2n) is 11.3. The van der Waals surface area contributed by atoms with Crippen molar-refractivity contribution in [2.45, 2.75) is 0 Å².